The lowest BCUT2D eigenvalue weighted by Crippen LogP contribution is -2.04. The van der Waals surface area contributed by atoms with Gasteiger partial charge in [0, 0.05) is 18.9 Å². The van der Waals surface area contributed by atoms with Crippen molar-refractivity contribution in [1.82, 2.24) is 4.98 Å². The minimum absolute atomic E-state index is 0.0765. The second-order valence-electron chi connectivity index (χ2n) is 4.82. The SMILES string of the molecule is CCCC(OC)c1nc(CC(O)c2ccccc2)cs1. The Morgan fingerprint density at radius 2 is 2.05 bits per heavy atom. The molecule has 0 radical (unpaired) electrons. The van der Waals surface area contributed by atoms with E-state index in [9.17, 15) is 5.11 Å². The Labute approximate surface area is 124 Å². The summed E-state index contributed by atoms with van der Waals surface area (Å²) in [7, 11) is 1.72. The van der Waals surface area contributed by atoms with Crippen molar-refractivity contribution in [2.45, 2.75) is 38.4 Å². The van der Waals surface area contributed by atoms with E-state index < -0.39 is 6.10 Å². The third-order valence-electron chi connectivity index (χ3n) is 3.27. The molecule has 4 heteroatoms. The molecule has 1 aromatic carbocycles. The van der Waals surface area contributed by atoms with E-state index in [1.54, 1.807) is 18.4 Å². The van der Waals surface area contributed by atoms with E-state index in [0.717, 1.165) is 29.1 Å². The van der Waals surface area contributed by atoms with Gasteiger partial charge in [-0.2, -0.15) is 0 Å². The van der Waals surface area contributed by atoms with Crippen LogP contribution in [0.5, 0.6) is 0 Å². The van der Waals surface area contributed by atoms with Gasteiger partial charge in [0.1, 0.15) is 11.1 Å². The summed E-state index contributed by atoms with van der Waals surface area (Å²) in [5.41, 5.74) is 1.86. The van der Waals surface area contributed by atoms with Crippen LogP contribution in [-0.4, -0.2) is 17.2 Å². The maximum atomic E-state index is 10.2. The van der Waals surface area contributed by atoms with E-state index in [1.807, 2.05) is 35.7 Å². The molecule has 108 valence electrons. The van der Waals surface area contributed by atoms with Crippen LogP contribution in [-0.2, 0) is 11.2 Å². The average molecular weight is 291 g/mol. The fourth-order valence-corrected chi connectivity index (χ4v) is 3.10. The number of nitrogens with zero attached hydrogens (tertiary/aromatic N) is 1. The Morgan fingerprint density at radius 3 is 2.70 bits per heavy atom. The standard InChI is InChI=1S/C16H21NO2S/c1-3-7-15(19-2)16-17-13(11-20-16)10-14(18)12-8-5-4-6-9-12/h4-6,8-9,11,14-15,18H,3,7,10H2,1-2H3. The molecular formula is C16H21NO2S. The van der Waals surface area contributed by atoms with Gasteiger partial charge in [-0.15, -0.1) is 11.3 Å². The van der Waals surface area contributed by atoms with Crippen LogP contribution < -0.4 is 0 Å². The highest BCUT2D eigenvalue weighted by Gasteiger charge is 2.16. The number of hydrogen-bond acceptors (Lipinski definition) is 4. The molecule has 2 atom stereocenters. The lowest BCUT2D eigenvalue weighted by atomic mass is 10.1. The fraction of sp³-hybridized carbons (Fsp3) is 0.438. The van der Waals surface area contributed by atoms with E-state index in [-0.39, 0.29) is 6.10 Å². The molecule has 0 spiro atoms. The number of rotatable bonds is 7. The largest absolute Gasteiger partial charge is 0.388 e. The number of ether oxygens (including phenoxy) is 1. The number of methoxy groups -OCH3 is 1. The van der Waals surface area contributed by atoms with Crippen LogP contribution in [0.3, 0.4) is 0 Å². The van der Waals surface area contributed by atoms with Gasteiger partial charge in [-0.1, -0.05) is 43.7 Å². The summed E-state index contributed by atoms with van der Waals surface area (Å²) in [5.74, 6) is 0. The van der Waals surface area contributed by atoms with Gasteiger partial charge in [-0.3, -0.25) is 0 Å². The van der Waals surface area contributed by atoms with E-state index in [4.69, 9.17) is 4.74 Å². The van der Waals surface area contributed by atoms with Gasteiger partial charge < -0.3 is 9.84 Å². The van der Waals surface area contributed by atoms with Crippen LogP contribution in [0.4, 0.5) is 0 Å². The molecule has 0 aliphatic carbocycles. The van der Waals surface area contributed by atoms with Crippen LogP contribution in [0.15, 0.2) is 35.7 Å². The summed E-state index contributed by atoms with van der Waals surface area (Å²) in [6, 6.07) is 9.70. The fourth-order valence-electron chi connectivity index (χ4n) is 2.16. The second-order valence-corrected chi connectivity index (χ2v) is 5.71. The minimum Gasteiger partial charge on any atom is -0.388 e. The predicted molar refractivity (Wildman–Crippen MR) is 81.9 cm³/mol. The smallest absolute Gasteiger partial charge is 0.122 e. The Morgan fingerprint density at radius 1 is 1.30 bits per heavy atom. The van der Waals surface area contributed by atoms with Crippen molar-refractivity contribution >= 4 is 11.3 Å². The first-order valence-electron chi connectivity index (χ1n) is 6.94. The number of benzene rings is 1. The Kier molecular flexibility index (Phi) is 5.71. The quantitative estimate of drug-likeness (QED) is 0.841. The molecule has 0 aliphatic heterocycles. The van der Waals surface area contributed by atoms with E-state index in [0.29, 0.717) is 6.42 Å². The first-order valence-corrected chi connectivity index (χ1v) is 7.82. The molecule has 2 aromatic rings. The van der Waals surface area contributed by atoms with Crippen molar-refractivity contribution in [3.8, 4) is 0 Å². The molecule has 0 saturated carbocycles. The van der Waals surface area contributed by atoms with Crippen molar-refractivity contribution < 1.29 is 9.84 Å². The van der Waals surface area contributed by atoms with E-state index >= 15 is 0 Å². The van der Waals surface area contributed by atoms with E-state index in [2.05, 4.69) is 11.9 Å². The molecule has 0 amide bonds. The third-order valence-corrected chi connectivity index (χ3v) is 4.25. The third kappa shape index (κ3) is 3.88. The van der Waals surface area contributed by atoms with Crippen molar-refractivity contribution in [1.29, 1.82) is 0 Å². The molecular weight excluding hydrogens is 270 g/mol. The molecule has 20 heavy (non-hydrogen) atoms. The van der Waals surface area contributed by atoms with Gasteiger partial charge in [0.15, 0.2) is 0 Å². The Balaban J connectivity index is 2.02. The van der Waals surface area contributed by atoms with Crippen LogP contribution in [0, 0.1) is 0 Å². The molecule has 1 N–H and O–H groups in total. The molecule has 0 fully saturated rings. The minimum atomic E-state index is -0.502. The van der Waals surface area contributed by atoms with Gasteiger partial charge in [-0.05, 0) is 12.0 Å². The Hall–Kier alpha value is -1.23. The highest BCUT2D eigenvalue weighted by Crippen LogP contribution is 2.27. The van der Waals surface area contributed by atoms with Crippen LogP contribution in [0.25, 0.3) is 0 Å². The highest BCUT2D eigenvalue weighted by atomic mass is 32.1. The van der Waals surface area contributed by atoms with Crippen LogP contribution in [0.1, 0.15) is 48.2 Å². The van der Waals surface area contributed by atoms with Crippen LogP contribution in [0.2, 0.25) is 0 Å². The monoisotopic (exact) mass is 291 g/mol. The molecule has 2 rings (SSSR count). The lowest BCUT2D eigenvalue weighted by Gasteiger charge is -2.11. The van der Waals surface area contributed by atoms with Crippen molar-refractivity contribution in [2.75, 3.05) is 7.11 Å². The Bertz CT molecular complexity index is 512. The van der Waals surface area contributed by atoms with Gasteiger partial charge in [-0.25, -0.2) is 4.98 Å². The molecule has 0 aliphatic rings. The number of aliphatic hydroxyl groups excluding tert-OH is 1. The zero-order chi connectivity index (χ0) is 14.4. The van der Waals surface area contributed by atoms with Crippen LogP contribution >= 0.6 is 11.3 Å². The molecule has 1 aromatic heterocycles. The number of hydrogen-bond donors (Lipinski definition) is 1. The zero-order valence-corrected chi connectivity index (χ0v) is 12.8. The van der Waals surface area contributed by atoms with Gasteiger partial charge in [0.25, 0.3) is 0 Å². The van der Waals surface area contributed by atoms with Crippen molar-refractivity contribution in [3.63, 3.8) is 0 Å². The second kappa shape index (κ2) is 7.53. The average Bonchev–Trinajstić information content (AvgIpc) is 2.94. The maximum absolute atomic E-state index is 10.2. The number of aliphatic hydroxyl groups is 1. The summed E-state index contributed by atoms with van der Waals surface area (Å²) in [4.78, 5) is 4.60. The summed E-state index contributed by atoms with van der Waals surface area (Å²) in [5, 5.41) is 13.2. The summed E-state index contributed by atoms with van der Waals surface area (Å²) in [6.07, 6.45) is 2.17. The zero-order valence-electron chi connectivity index (χ0n) is 12.0. The van der Waals surface area contributed by atoms with E-state index in [1.165, 1.54) is 0 Å². The first kappa shape index (κ1) is 15.2. The molecule has 1 heterocycles. The molecule has 3 nitrogen and oxygen atoms in total. The molecule has 0 bridgehead atoms. The summed E-state index contributed by atoms with van der Waals surface area (Å²) < 4.78 is 5.47. The number of aromatic nitrogens is 1. The van der Waals surface area contributed by atoms with Gasteiger partial charge in [0.2, 0.25) is 0 Å². The highest BCUT2D eigenvalue weighted by molar-refractivity contribution is 7.09. The first-order chi connectivity index (χ1) is 9.74. The molecule has 0 saturated heterocycles. The van der Waals surface area contributed by atoms with Gasteiger partial charge in [0.05, 0.1) is 11.8 Å². The van der Waals surface area contributed by atoms with Crippen molar-refractivity contribution in [3.05, 3.63) is 52.0 Å². The summed E-state index contributed by atoms with van der Waals surface area (Å²) in [6.45, 7) is 2.14. The summed E-state index contributed by atoms with van der Waals surface area (Å²) >= 11 is 1.61. The topological polar surface area (TPSA) is 42.4 Å². The van der Waals surface area contributed by atoms with Crippen molar-refractivity contribution in [2.24, 2.45) is 0 Å². The maximum Gasteiger partial charge on any atom is 0.122 e. The predicted octanol–water partition coefficient (Wildman–Crippen LogP) is 3.91. The normalized spacial score (nSPS) is 14.2. The molecule has 2 unspecified atom stereocenters. The van der Waals surface area contributed by atoms with Gasteiger partial charge >= 0.3 is 0 Å². The lowest BCUT2D eigenvalue weighted by molar-refractivity contribution is 0.0944. The number of thiazole rings is 1.